The Labute approximate surface area is 92.8 Å². The maximum atomic E-state index is 8.67. The van der Waals surface area contributed by atoms with Crippen LogP contribution in [0.25, 0.3) is 0 Å². The summed E-state index contributed by atoms with van der Waals surface area (Å²) in [6.07, 6.45) is 0. The van der Waals surface area contributed by atoms with Crippen LogP contribution in [-0.2, 0) is 4.84 Å². The molecule has 1 rings (SSSR count). The van der Waals surface area contributed by atoms with Crippen LogP contribution in [0.15, 0.2) is 34.6 Å². The third kappa shape index (κ3) is 2.95. The van der Waals surface area contributed by atoms with E-state index in [0.29, 0.717) is 16.4 Å². The number of hydrogen-bond donors (Lipinski definition) is 1. The second kappa shape index (κ2) is 5.36. The van der Waals surface area contributed by atoms with E-state index in [1.807, 2.05) is 0 Å². The van der Waals surface area contributed by atoms with Crippen molar-refractivity contribution in [1.82, 2.24) is 0 Å². The molecule has 0 unspecified atom stereocenters. The Hall–Kier alpha value is -1.55. The first-order valence-electron chi connectivity index (χ1n) is 4.25. The monoisotopic (exact) mass is 226 g/mol. The smallest absolute Gasteiger partial charge is 0.134 e. The fourth-order valence-electron chi connectivity index (χ4n) is 1.07. The summed E-state index contributed by atoms with van der Waals surface area (Å²) in [6.45, 7) is 1.63. The van der Waals surface area contributed by atoms with E-state index in [4.69, 9.17) is 16.8 Å². The maximum Gasteiger partial charge on any atom is 0.134 e. The van der Waals surface area contributed by atoms with Gasteiger partial charge in [0.15, 0.2) is 0 Å². The molecule has 0 radical (unpaired) electrons. The van der Waals surface area contributed by atoms with Crippen molar-refractivity contribution in [2.24, 2.45) is 10.3 Å². The summed E-state index contributed by atoms with van der Waals surface area (Å²) in [5.74, 6) is 0. The third-order valence-corrected chi connectivity index (χ3v) is 2.04. The molecule has 0 spiro atoms. The fraction of sp³-hybridized carbons (Fsp3) is 0.200. The van der Waals surface area contributed by atoms with Crippen LogP contribution < -0.4 is 0 Å². The first-order chi connectivity index (χ1) is 7.19. The zero-order valence-electron chi connectivity index (χ0n) is 8.44. The normalized spacial score (nSPS) is 12.7. The standard InChI is InChI=1S/C10H11ClN2O2/c1-7(12-14)10(13-15-2)8-3-5-9(11)6-4-8/h3-6,14H,1-2H3. The molecule has 0 aromatic heterocycles. The summed E-state index contributed by atoms with van der Waals surface area (Å²) >= 11 is 5.76. The van der Waals surface area contributed by atoms with E-state index in [1.54, 1.807) is 31.2 Å². The van der Waals surface area contributed by atoms with Crippen molar-refractivity contribution in [2.45, 2.75) is 6.92 Å². The number of rotatable bonds is 3. The van der Waals surface area contributed by atoms with Gasteiger partial charge in [-0.1, -0.05) is 34.0 Å². The third-order valence-electron chi connectivity index (χ3n) is 1.79. The predicted molar refractivity (Wildman–Crippen MR) is 59.9 cm³/mol. The summed E-state index contributed by atoms with van der Waals surface area (Å²) < 4.78 is 0. The average molecular weight is 227 g/mol. The molecule has 80 valence electrons. The molecule has 0 fully saturated rings. The molecule has 0 aliphatic heterocycles. The highest BCUT2D eigenvalue weighted by molar-refractivity contribution is 6.47. The largest absolute Gasteiger partial charge is 0.411 e. The van der Waals surface area contributed by atoms with E-state index in [0.717, 1.165) is 5.56 Å². The molecule has 1 N–H and O–H groups in total. The van der Waals surface area contributed by atoms with Crippen LogP contribution in [0.3, 0.4) is 0 Å². The van der Waals surface area contributed by atoms with Crippen molar-refractivity contribution >= 4 is 23.0 Å². The van der Waals surface area contributed by atoms with Crippen LogP contribution >= 0.6 is 11.6 Å². The number of halogens is 1. The predicted octanol–water partition coefficient (Wildman–Crippen LogP) is 2.54. The number of benzene rings is 1. The van der Waals surface area contributed by atoms with Gasteiger partial charge >= 0.3 is 0 Å². The van der Waals surface area contributed by atoms with E-state index < -0.39 is 0 Å². The maximum absolute atomic E-state index is 8.67. The minimum atomic E-state index is 0.374. The average Bonchev–Trinajstić information content (AvgIpc) is 2.26. The van der Waals surface area contributed by atoms with Crippen LogP contribution in [0.2, 0.25) is 5.02 Å². The summed E-state index contributed by atoms with van der Waals surface area (Å²) in [6, 6.07) is 7.00. The molecule has 4 nitrogen and oxygen atoms in total. The summed E-state index contributed by atoms with van der Waals surface area (Å²) in [5.41, 5.74) is 1.62. The van der Waals surface area contributed by atoms with Crippen LogP contribution in [0.4, 0.5) is 0 Å². The highest BCUT2D eigenvalue weighted by Crippen LogP contribution is 2.11. The van der Waals surface area contributed by atoms with Gasteiger partial charge in [0, 0.05) is 10.6 Å². The Kier molecular flexibility index (Phi) is 4.12. The summed E-state index contributed by atoms with van der Waals surface area (Å²) in [4.78, 5) is 4.67. The van der Waals surface area contributed by atoms with Gasteiger partial charge in [-0.15, -0.1) is 0 Å². The van der Waals surface area contributed by atoms with Gasteiger partial charge in [0.1, 0.15) is 18.5 Å². The summed E-state index contributed by atoms with van der Waals surface area (Å²) in [5, 5.41) is 16.2. The topological polar surface area (TPSA) is 54.2 Å². The number of nitrogens with zero attached hydrogens (tertiary/aromatic N) is 2. The van der Waals surface area contributed by atoms with E-state index in [9.17, 15) is 0 Å². The van der Waals surface area contributed by atoms with Crippen molar-refractivity contribution in [3.8, 4) is 0 Å². The molecule has 0 aliphatic rings. The van der Waals surface area contributed by atoms with Crippen LogP contribution in [0.1, 0.15) is 12.5 Å². The van der Waals surface area contributed by atoms with Crippen LogP contribution in [0, 0.1) is 0 Å². The molecule has 0 atom stereocenters. The lowest BCUT2D eigenvalue weighted by Crippen LogP contribution is -2.12. The highest BCUT2D eigenvalue weighted by Gasteiger charge is 2.08. The van der Waals surface area contributed by atoms with Gasteiger partial charge in [0.25, 0.3) is 0 Å². The Morgan fingerprint density at radius 3 is 2.40 bits per heavy atom. The van der Waals surface area contributed by atoms with Gasteiger partial charge in [-0.05, 0) is 19.1 Å². The zero-order chi connectivity index (χ0) is 11.3. The van der Waals surface area contributed by atoms with Gasteiger partial charge < -0.3 is 10.0 Å². The lowest BCUT2D eigenvalue weighted by Gasteiger charge is -2.03. The minimum absolute atomic E-state index is 0.374. The molecule has 0 heterocycles. The Balaban J connectivity index is 3.11. The van der Waals surface area contributed by atoms with Crippen molar-refractivity contribution in [3.05, 3.63) is 34.9 Å². The van der Waals surface area contributed by atoms with E-state index in [-0.39, 0.29) is 0 Å². The molecule has 1 aromatic rings. The second-order valence-electron chi connectivity index (χ2n) is 2.81. The van der Waals surface area contributed by atoms with E-state index in [1.165, 1.54) is 7.11 Å². The lowest BCUT2D eigenvalue weighted by molar-refractivity contribution is 0.214. The first-order valence-corrected chi connectivity index (χ1v) is 4.63. The second-order valence-corrected chi connectivity index (χ2v) is 3.25. The van der Waals surface area contributed by atoms with E-state index >= 15 is 0 Å². The van der Waals surface area contributed by atoms with Gasteiger partial charge in [-0.25, -0.2) is 0 Å². The molecule has 0 bridgehead atoms. The number of oxime groups is 2. The van der Waals surface area contributed by atoms with Gasteiger partial charge in [0.05, 0.1) is 0 Å². The lowest BCUT2D eigenvalue weighted by atomic mass is 10.1. The van der Waals surface area contributed by atoms with Crippen LogP contribution in [0.5, 0.6) is 0 Å². The van der Waals surface area contributed by atoms with Gasteiger partial charge in [-0.3, -0.25) is 0 Å². The number of hydrogen-bond acceptors (Lipinski definition) is 4. The van der Waals surface area contributed by atoms with Crippen molar-refractivity contribution < 1.29 is 10.0 Å². The van der Waals surface area contributed by atoms with Crippen molar-refractivity contribution in [1.29, 1.82) is 0 Å². The summed E-state index contributed by atoms with van der Waals surface area (Å²) in [7, 11) is 1.43. The molecular weight excluding hydrogens is 216 g/mol. The van der Waals surface area contributed by atoms with Gasteiger partial charge in [-0.2, -0.15) is 0 Å². The zero-order valence-corrected chi connectivity index (χ0v) is 9.19. The van der Waals surface area contributed by atoms with Crippen LogP contribution in [-0.4, -0.2) is 23.7 Å². The molecule has 0 aliphatic carbocycles. The Morgan fingerprint density at radius 1 is 1.33 bits per heavy atom. The molecule has 1 aromatic carbocycles. The minimum Gasteiger partial charge on any atom is -0.411 e. The quantitative estimate of drug-likeness (QED) is 0.489. The van der Waals surface area contributed by atoms with Crippen molar-refractivity contribution in [2.75, 3.05) is 7.11 Å². The molecular formula is C10H11ClN2O2. The van der Waals surface area contributed by atoms with Crippen molar-refractivity contribution in [3.63, 3.8) is 0 Å². The molecule has 0 saturated heterocycles. The molecule has 0 amide bonds. The Bertz CT molecular complexity index is 385. The fourth-order valence-corrected chi connectivity index (χ4v) is 1.20. The molecule has 15 heavy (non-hydrogen) atoms. The SMILES string of the molecule is CON=C(C(C)=NO)c1ccc(Cl)cc1. The Morgan fingerprint density at radius 2 is 1.93 bits per heavy atom. The highest BCUT2D eigenvalue weighted by atomic mass is 35.5. The first kappa shape index (κ1) is 11.5. The van der Waals surface area contributed by atoms with Gasteiger partial charge in [0.2, 0.25) is 0 Å². The molecule has 0 saturated carbocycles. The molecule has 5 heteroatoms. The van der Waals surface area contributed by atoms with E-state index in [2.05, 4.69) is 15.1 Å².